The molecule has 0 saturated heterocycles. The first-order chi connectivity index (χ1) is 6.43. The van der Waals surface area contributed by atoms with E-state index in [1.807, 2.05) is 18.2 Å². The molecule has 1 radical (unpaired) electrons. The van der Waals surface area contributed by atoms with Crippen molar-refractivity contribution in [3.05, 3.63) is 42.2 Å². The molecule has 1 aromatic rings. The monoisotopic (exact) mass is 174 g/mol. The summed E-state index contributed by atoms with van der Waals surface area (Å²) in [6, 6.07) is 5.87. The number of rotatable bonds is 5. The molecule has 1 heterocycles. The molecule has 0 aliphatic heterocycles. The summed E-state index contributed by atoms with van der Waals surface area (Å²) in [5.41, 5.74) is 0.930. The summed E-state index contributed by atoms with van der Waals surface area (Å²) in [6.07, 6.45) is 12.0. The maximum absolute atomic E-state index is 4.15. The van der Waals surface area contributed by atoms with Gasteiger partial charge in [0, 0.05) is 12.3 Å². The van der Waals surface area contributed by atoms with E-state index in [9.17, 15) is 0 Å². The molecular formula is C12H16N. The first-order valence-corrected chi connectivity index (χ1v) is 4.92. The zero-order valence-corrected chi connectivity index (χ0v) is 8.16. The number of allylic oxidation sites excluding steroid dienone is 1. The van der Waals surface area contributed by atoms with Crippen LogP contribution in [0.15, 0.2) is 30.5 Å². The van der Waals surface area contributed by atoms with Crippen molar-refractivity contribution < 1.29 is 0 Å². The van der Waals surface area contributed by atoms with Gasteiger partial charge in [0.15, 0.2) is 0 Å². The van der Waals surface area contributed by atoms with Gasteiger partial charge in [-0.3, -0.25) is 4.98 Å². The Bertz CT molecular complexity index is 239. The molecule has 69 valence electrons. The summed E-state index contributed by atoms with van der Waals surface area (Å²) in [7, 11) is 0. The van der Waals surface area contributed by atoms with Crippen LogP contribution in [0.25, 0.3) is 0 Å². The lowest BCUT2D eigenvalue weighted by atomic mass is 10.2. The number of pyridine rings is 1. The van der Waals surface area contributed by atoms with Crippen molar-refractivity contribution in [2.45, 2.75) is 32.6 Å². The van der Waals surface area contributed by atoms with Crippen molar-refractivity contribution in [1.82, 2.24) is 4.98 Å². The fourth-order valence-electron chi connectivity index (χ4n) is 1.12. The van der Waals surface area contributed by atoms with E-state index in [1.54, 1.807) is 6.20 Å². The quantitative estimate of drug-likeness (QED) is 0.624. The second-order valence-corrected chi connectivity index (χ2v) is 3.06. The van der Waals surface area contributed by atoms with Gasteiger partial charge in [0.25, 0.3) is 0 Å². The van der Waals surface area contributed by atoms with Crippen LogP contribution in [0.3, 0.4) is 0 Å². The fraction of sp³-hybridized carbons (Fsp3) is 0.417. The van der Waals surface area contributed by atoms with Gasteiger partial charge in [-0.2, -0.15) is 0 Å². The van der Waals surface area contributed by atoms with E-state index >= 15 is 0 Å². The molecule has 0 fully saturated rings. The van der Waals surface area contributed by atoms with E-state index in [0.29, 0.717) is 0 Å². The SMILES string of the molecule is CCCCC/C=[C]\c1ccccn1. The average Bonchev–Trinajstić information content (AvgIpc) is 2.19. The van der Waals surface area contributed by atoms with Crippen molar-refractivity contribution in [2.75, 3.05) is 0 Å². The largest absolute Gasteiger partial charge is 0.256 e. The first-order valence-electron chi connectivity index (χ1n) is 4.92. The van der Waals surface area contributed by atoms with Crippen molar-refractivity contribution in [3.8, 4) is 0 Å². The van der Waals surface area contributed by atoms with Gasteiger partial charge in [-0.25, -0.2) is 0 Å². The predicted molar refractivity (Wildman–Crippen MR) is 55.3 cm³/mol. The second kappa shape index (κ2) is 6.41. The molecule has 1 aromatic heterocycles. The molecular weight excluding hydrogens is 158 g/mol. The summed E-state index contributed by atoms with van der Waals surface area (Å²) < 4.78 is 0. The summed E-state index contributed by atoms with van der Waals surface area (Å²) in [4.78, 5) is 4.15. The van der Waals surface area contributed by atoms with Gasteiger partial charge >= 0.3 is 0 Å². The third kappa shape index (κ3) is 4.46. The van der Waals surface area contributed by atoms with Crippen LogP contribution in [0.2, 0.25) is 0 Å². The Kier molecular flexibility index (Phi) is 4.92. The predicted octanol–water partition coefficient (Wildman–Crippen LogP) is 3.37. The van der Waals surface area contributed by atoms with Crippen LogP contribution in [0.4, 0.5) is 0 Å². The lowest BCUT2D eigenvalue weighted by Crippen LogP contribution is -1.78. The molecule has 0 aliphatic rings. The summed E-state index contributed by atoms with van der Waals surface area (Å²) in [5, 5.41) is 0. The first kappa shape index (κ1) is 9.97. The standard InChI is InChI=1S/C12H16N/c1-2-3-4-5-6-9-12-10-7-8-11-13-12/h6-8,10-11H,2-5H2,1H3. The summed E-state index contributed by atoms with van der Waals surface area (Å²) in [6.45, 7) is 2.21. The highest BCUT2D eigenvalue weighted by Gasteiger charge is 1.85. The molecule has 0 aromatic carbocycles. The fourth-order valence-corrected chi connectivity index (χ4v) is 1.12. The topological polar surface area (TPSA) is 12.9 Å². The maximum Gasteiger partial charge on any atom is 0.0705 e. The molecule has 0 saturated carbocycles. The van der Waals surface area contributed by atoms with Crippen LogP contribution in [-0.2, 0) is 0 Å². The molecule has 0 unspecified atom stereocenters. The molecule has 0 bridgehead atoms. The highest BCUT2D eigenvalue weighted by Crippen LogP contribution is 2.01. The molecule has 0 aliphatic carbocycles. The van der Waals surface area contributed by atoms with Crippen molar-refractivity contribution in [3.63, 3.8) is 0 Å². The molecule has 0 amide bonds. The zero-order chi connectivity index (χ0) is 9.36. The van der Waals surface area contributed by atoms with Gasteiger partial charge in [-0.1, -0.05) is 31.9 Å². The number of aromatic nitrogens is 1. The van der Waals surface area contributed by atoms with Crippen molar-refractivity contribution in [1.29, 1.82) is 0 Å². The second-order valence-electron chi connectivity index (χ2n) is 3.06. The molecule has 0 atom stereocenters. The van der Waals surface area contributed by atoms with E-state index in [0.717, 1.165) is 12.1 Å². The number of nitrogens with zero attached hydrogens (tertiary/aromatic N) is 1. The van der Waals surface area contributed by atoms with E-state index in [4.69, 9.17) is 0 Å². The van der Waals surface area contributed by atoms with Gasteiger partial charge in [-0.15, -0.1) is 0 Å². The lowest BCUT2D eigenvalue weighted by Gasteiger charge is -1.91. The van der Waals surface area contributed by atoms with Crippen molar-refractivity contribution >= 4 is 0 Å². The van der Waals surface area contributed by atoms with Gasteiger partial charge in [0.1, 0.15) is 0 Å². The molecule has 1 rings (SSSR count). The summed E-state index contributed by atoms with van der Waals surface area (Å²) in [5.74, 6) is 0. The van der Waals surface area contributed by atoms with Gasteiger partial charge in [0.05, 0.1) is 5.69 Å². The molecule has 0 spiro atoms. The number of hydrogen-bond donors (Lipinski definition) is 0. The molecule has 1 heteroatoms. The minimum Gasteiger partial charge on any atom is -0.256 e. The Morgan fingerprint density at radius 3 is 3.00 bits per heavy atom. The van der Waals surface area contributed by atoms with Gasteiger partial charge < -0.3 is 0 Å². The molecule has 13 heavy (non-hydrogen) atoms. The highest BCUT2D eigenvalue weighted by molar-refractivity contribution is 5.11. The van der Waals surface area contributed by atoms with E-state index in [-0.39, 0.29) is 0 Å². The molecule has 1 nitrogen and oxygen atoms in total. The minimum absolute atomic E-state index is 0.930. The van der Waals surface area contributed by atoms with Crippen LogP contribution < -0.4 is 0 Å². The lowest BCUT2D eigenvalue weighted by molar-refractivity contribution is 0.728. The third-order valence-electron chi connectivity index (χ3n) is 1.87. The summed E-state index contributed by atoms with van der Waals surface area (Å²) >= 11 is 0. The number of hydrogen-bond acceptors (Lipinski definition) is 1. The Morgan fingerprint density at radius 2 is 2.31 bits per heavy atom. The highest BCUT2D eigenvalue weighted by atomic mass is 14.6. The van der Waals surface area contributed by atoms with Crippen LogP contribution in [0, 0.1) is 6.08 Å². The smallest absolute Gasteiger partial charge is 0.0705 e. The van der Waals surface area contributed by atoms with E-state index < -0.39 is 0 Å². The minimum atomic E-state index is 0.930. The van der Waals surface area contributed by atoms with Crippen LogP contribution in [0.5, 0.6) is 0 Å². The Hall–Kier alpha value is -1.11. The molecule has 0 N–H and O–H groups in total. The van der Waals surface area contributed by atoms with Crippen LogP contribution >= 0.6 is 0 Å². The third-order valence-corrected chi connectivity index (χ3v) is 1.87. The van der Waals surface area contributed by atoms with E-state index in [2.05, 4.69) is 24.1 Å². The van der Waals surface area contributed by atoms with Crippen molar-refractivity contribution in [2.24, 2.45) is 0 Å². The van der Waals surface area contributed by atoms with Crippen LogP contribution in [0.1, 0.15) is 38.3 Å². The van der Waals surface area contributed by atoms with Gasteiger partial charge in [-0.05, 0) is 25.0 Å². The van der Waals surface area contributed by atoms with E-state index in [1.165, 1.54) is 19.3 Å². The average molecular weight is 174 g/mol. The van der Waals surface area contributed by atoms with Crippen LogP contribution in [-0.4, -0.2) is 4.98 Å². The Labute approximate surface area is 80.5 Å². The Morgan fingerprint density at radius 1 is 1.38 bits per heavy atom. The maximum atomic E-state index is 4.15. The van der Waals surface area contributed by atoms with Gasteiger partial charge in [0.2, 0.25) is 0 Å². The zero-order valence-electron chi connectivity index (χ0n) is 8.16. The Balaban J connectivity index is 2.25. The number of unbranched alkanes of at least 4 members (excludes halogenated alkanes) is 3. The normalized spacial score (nSPS) is 10.8.